The topological polar surface area (TPSA) is 117 Å². The summed E-state index contributed by atoms with van der Waals surface area (Å²) in [6.45, 7) is 8.96. The van der Waals surface area contributed by atoms with Gasteiger partial charge < -0.3 is 20.4 Å². The van der Waals surface area contributed by atoms with E-state index < -0.39 is 12.1 Å². The molecular weight excluding hydrogens is 556 g/mol. The molecule has 11 nitrogen and oxygen atoms in total. The first kappa shape index (κ1) is 29.5. The van der Waals surface area contributed by atoms with E-state index >= 15 is 0 Å². The van der Waals surface area contributed by atoms with E-state index in [1.165, 1.54) is 0 Å². The Morgan fingerprint density at radius 2 is 0.977 bits per heavy atom. The van der Waals surface area contributed by atoms with E-state index in [1.807, 2.05) is 60.7 Å². The van der Waals surface area contributed by atoms with Gasteiger partial charge in [-0.25, -0.2) is 0 Å². The summed E-state index contributed by atoms with van der Waals surface area (Å²) in [5.74, 6) is -0.442. The number of ketones is 1. The Morgan fingerprint density at radius 3 is 1.34 bits per heavy atom. The monoisotopic (exact) mass is 594 g/mol. The molecule has 2 N–H and O–H groups in total. The van der Waals surface area contributed by atoms with Crippen LogP contribution in [0.15, 0.2) is 72.8 Å². The second-order valence-electron chi connectivity index (χ2n) is 11.3. The molecule has 2 saturated heterocycles. The van der Waals surface area contributed by atoms with Crippen molar-refractivity contribution >= 4 is 17.6 Å². The minimum atomic E-state index is -0.718. The van der Waals surface area contributed by atoms with Crippen LogP contribution in [0.1, 0.15) is 46.9 Å². The number of carbonyl (C=O) groups is 3. The van der Waals surface area contributed by atoms with Gasteiger partial charge in [-0.1, -0.05) is 60.7 Å². The smallest absolute Gasteiger partial charge is 0.274 e. The quantitative estimate of drug-likeness (QED) is 0.322. The largest absolute Gasteiger partial charge is 0.335 e. The molecule has 4 heterocycles. The van der Waals surface area contributed by atoms with Crippen LogP contribution in [0.3, 0.4) is 0 Å². The van der Waals surface area contributed by atoms with Gasteiger partial charge in [0, 0.05) is 52.4 Å². The van der Waals surface area contributed by atoms with Crippen LogP contribution in [-0.2, 0) is 4.79 Å². The summed E-state index contributed by atoms with van der Waals surface area (Å²) < 4.78 is 3.31. The van der Waals surface area contributed by atoms with Crippen LogP contribution >= 0.6 is 0 Å². The predicted molar refractivity (Wildman–Crippen MR) is 167 cm³/mol. The van der Waals surface area contributed by atoms with E-state index in [4.69, 9.17) is 10.2 Å². The summed E-state index contributed by atoms with van der Waals surface area (Å²) in [5, 5.41) is 16.0. The van der Waals surface area contributed by atoms with Crippen LogP contribution in [0, 0.1) is 0 Å². The molecule has 11 heteroatoms. The van der Waals surface area contributed by atoms with E-state index in [1.54, 1.807) is 45.1 Å². The highest BCUT2D eigenvalue weighted by Crippen LogP contribution is 2.30. The Bertz CT molecular complexity index is 1500. The van der Waals surface area contributed by atoms with E-state index in [9.17, 15) is 14.4 Å². The van der Waals surface area contributed by atoms with Crippen molar-refractivity contribution in [1.82, 2.24) is 40.0 Å². The molecule has 0 radical (unpaired) electrons. The minimum Gasteiger partial charge on any atom is -0.335 e. The fourth-order valence-electron chi connectivity index (χ4n) is 5.89. The first-order valence-corrected chi connectivity index (χ1v) is 15.3. The van der Waals surface area contributed by atoms with Gasteiger partial charge in [-0.3, -0.25) is 23.7 Å². The zero-order valence-corrected chi connectivity index (χ0v) is 25.1. The molecule has 2 amide bonds. The third-order valence-electron chi connectivity index (χ3n) is 8.41. The number of hydrogen-bond acceptors (Lipinski definition) is 7. The van der Waals surface area contributed by atoms with Gasteiger partial charge in [0.15, 0.2) is 17.2 Å². The summed E-state index contributed by atoms with van der Waals surface area (Å²) in [7, 11) is 0. The molecule has 44 heavy (non-hydrogen) atoms. The lowest BCUT2D eigenvalue weighted by molar-refractivity contribution is -0.125. The van der Waals surface area contributed by atoms with Crippen LogP contribution in [0.4, 0.5) is 0 Å². The first-order chi connectivity index (χ1) is 21.4. The molecule has 2 aromatic carbocycles. The van der Waals surface area contributed by atoms with Gasteiger partial charge in [0.25, 0.3) is 11.8 Å². The molecule has 6 rings (SSSR count). The lowest BCUT2D eigenvalue weighted by Gasteiger charge is -2.26. The minimum absolute atomic E-state index is 0.145. The zero-order chi connectivity index (χ0) is 30.6. The number of rotatable bonds is 8. The van der Waals surface area contributed by atoms with Crippen molar-refractivity contribution < 1.29 is 14.4 Å². The maximum Gasteiger partial charge on any atom is 0.274 e. The van der Waals surface area contributed by atoms with Crippen molar-refractivity contribution in [3.63, 3.8) is 0 Å². The van der Waals surface area contributed by atoms with Gasteiger partial charge in [-0.05, 0) is 37.1 Å². The summed E-state index contributed by atoms with van der Waals surface area (Å²) in [5.41, 5.74) is 3.72. The predicted octanol–water partition coefficient (Wildman–Crippen LogP) is 2.90. The van der Waals surface area contributed by atoms with Crippen LogP contribution in [-0.4, -0.2) is 99.3 Å². The van der Waals surface area contributed by atoms with Crippen molar-refractivity contribution in [3.05, 3.63) is 84.2 Å². The Morgan fingerprint density at radius 1 is 0.614 bits per heavy atom. The summed E-state index contributed by atoms with van der Waals surface area (Å²) in [6.07, 6.45) is 0. The van der Waals surface area contributed by atoms with E-state index in [2.05, 4.69) is 10.6 Å². The van der Waals surface area contributed by atoms with Crippen molar-refractivity contribution in [2.75, 3.05) is 52.4 Å². The first-order valence-electron chi connectivity index (χ1n) is 15.3. The lowest BCUT2D eigenvalue weighted by Crippen LogP contribution is -2.46. The number of benzene rings is 2. The van der Waals surface area contributed by atoms with E-state index in [0.717, 1.165) is 37.3 Å². The Balaban J connectivity index is 1.34. The number of Topliss-reactive ketones (excluding diaryl/α,β-unsaturated/α-hetero) is 1. The number of piperazine rings is 2. The molecule has 2 aliphatic heterocycles. The number of amides is 2. The van der Waals surface area contributed by atoms with Gasteiger partial charge in [0.2, 0.25) is 0 Å². The molecule has 2 unspecified atom stereocenters. The van der Waals surface area contributed by atoms with Crippen LogP contribution < -0.4 is 10.6 Å². The SMILES string of the molecule is CC(C(=O)C(C)n1nc(C(=O)N2CCNCC2)cc1-c1ccccc1)n1nc(C(=O)N2CCNCC2)cc1-c1ccccc1. The maximum atomic E-state index is 14.2. The molecule has 0 bridgehead atoms. The summed E-state index contributed by atoms with van der Waals surface area (Å²) in [6, 6.07) is 21.5. The molecular formula is C33H38N8O3. The number of nitrogens with zero attached hydrogens (tertiary/aromatic N) is 6. The highest BCUT2D eigenvalue weighted by molar-refractivity contribution is 5.95. The Hall–Kier alpha value is -4.61. The summed E-state index contributed by atoms with van der Waals surface area (Å²) in [4.78, 5) is 44.7. The summed E-state index contributed by atoms with van der Waals surface area (Å²) >= 11 is 0. The van der Waals surface area contributed by atoms with Crippen molar-refractivity contribution in [2.24, 2.45) is 0 Å². The average Bonchev–Trinajstić information content (AvgIpc) is 3.74. The fourth-order valence-corrected chi connectivity index (χ4v) is 5.89. The van der Waals surface area contributed by atoms with Crippen molar-refractivity contribution in [1.29, 1.82) is 0 Å². The van der Waals surface area contributed by atoms with Gasteiger partial charge in [0.05, 0.1) is 11.4 Å². The molecule has 2 atom stereocenters. The van der Waals surface area contributed by atoms with Crippen molar-refractivity contribution in [3.8, 4) is 22.5 Å². The third-order valence-corrected chi connectivity index (χ3v) is 8.41. The highest BCUT2D eigenvalue weighted by Gasteiger charge is 2.32. The number of nitrogens with one attached hydrogen (secondary N) is 2. The molecule has 0 saturated carbocycles. The van der Waals surface area contributed by atoms with Crippen LogP contribution in [0.25, 0.3) is 22.5 Å². The van der Waals surface area contributed by atoms with Crippen LogP contribution in [0.2, 0.25) is 0 Å². The molecule has 2 aromatic heterocycles. The zero-order valence-electron chi connectivity index (χ0n) is 25.1. The fraction of sp³-hybridized carbons (Fsp3) is 0.364. The average molecular weight is 595 g/mol. The molecule has 2 aliphatic rings. The third kappa shape index (κ3) is 5.93. The highest BCUT2D eigenvalue weighted by atomic mass is 16.2. The Kier molecular flexibility index (Phi) is 8.67. The van der Waals surface area contributed by atoms with Crippen LogP contribution in [0.5, 0.6) is 0 Å². The molecule has 228 valence electrons. The number of aromatic nitrogens is 4. The lowest BCUT2D eigenvalue weighted by atomic mass is 10.1. The van der Waals surface area contributed by atoms with Gasteiger partial charge in [-0.15, -0.1) is 0 Å². The second kappa shape index (κ2) is 12.9. The Labute approximate surface area is 256 Å². The second-order valence-corrected chi connectivity index (χ2v) is 11.3. The molecule has 4 aromatic rings. The van der Waals surface area contributed by atoms with Gasteiger partial charge in [-0.2, -0.15) is 10.2 Å². The maximum absolute atomic E-state index is 14.2. The van der Waals surface area contributed by atoms with E-state index in [0.29, 0.717) is 49.0 Å². The standard InChI is InChI=1S/C33H38N8O3/c1-23(40-29(25-9-5-3-6-10-25)21-27(36-40)32(43)38-17-13-34-14-18-38)31(42)24(2)41-30(26-11-7-4-8-12-26)22-28(37-41)33(44)39-19-15-35-16-20-39/h3-12,21-24,34-35H,13-20H2,1-2H3. The van der Waals surface area contributed by atoms with Gasteiger partial charge in [0.1, 0.15) is 12.1 Å². The van der Waals surface area contributed by atoms with E-state index in [-0.39, 0.29) is 17.6 Å². The molecule has 2 fully saturated rings. The molecule has 0 spiro atoms. The normalized spacial score (nSPS) is 16.9. The van der Waals surface area contributed by atoms with Crippen molar-refractivity contribution in [2.45, 2.75) is 25.9 Å². The van der Waals surface area contributed by atoms with Gasteiger partial charge >= 0.3 is 0 Å². The number of hydrogen-bond donors (Lipinski definition) is 2. The number of carbonyl (C=O) groups excluding carboxylic acids is 3. The molecule has 0 aliphatic carbocycles.